The van der Waals surface area contributed by atoms with Gasteiger partial charge in [0.05, 0.1) is 90.6 Å². The highest BCUT2D eigenvalue weighted by molar-refractivity contribution is 6.29. The molecule has 3 saturated heterocycles. The SMILES string of the molecule is COC(=O)c1ccc(C)c(-c2cc(N3CCOCC3)c(OC)nn2)c1.COc1nnc(-c2cc(C(=O)O)ccc2C)cc1N1CCOCC1.COc1nnc(Cl)cc1N1CCOCC1. The molecule has 3 aliphatic heterocycles. The minimum Gasteiger partial charge on any atom is -0.478 e. The van der Waals surface area contributed by atoms with Gasteiger partial charge in [-0.05, 0) is 61.4 Å². The molecule has 5 aromatic rings. The number of hydrogen-bond acceptors (Lipinski definition) is 18. The summed E-state index contributed by atoms with van der Waals surface area (Å²) in [6.45, 7) is 12.6. The van der Waals surface area contributed by atoms with Crippen LogP contribution in [0.5, 0.6) is 17.6 Å². The van der Waals surface area contributed by atoms with E-state index < -0.39 is 5.97 Å². The van der Waals surface area contributed by atoms with Crippen LogP contribution in [0.25, 0.3) is 22.5 Å². The first-order chi connectivity index (χ1) is 31.0. The molecule has 340 valence electrons. The Balaban J connectivity index is 0.000000164. The van der Waals surface area contributed by atoms with Crippen molar-refractivity contribution in [1.29, 1.82) is 0 Å². The van der Waals surface area contributed by atoms with E-state index in [1.54, 1.807) is 57.7 Å². The number of carboxylic acid groups (broad SMARTS) is 1. The lowest BCUT2D eigenvalue weighted by molar-refractivity contribution is 0.0599. The number of nitrogens with zero attached hydrogens (tertiary/aromatic N) is 9. The number of carbonyl (C=O) groups excluding carboxylic acids is 1. The van der Waals surface area contributed by atoms with Crippen molar-refractivity contribution in [3.63, 3.8) is 0 Å². The van der Waals surface area contributed by atoms with Crippen LogP contribution >= 0.6 is 11.6 Å². The Morgan fingerprint density at radius 2 is 0.922 bits per heavy atom. The molecule has 0 bridgehead atoms. The van der Waals surface area contributed by atoms with Crippen LogP contribution in [-0.4, -0.2) is 155 Å². The van der Waals surface area contributed by atoms with E-state index in [0.29, 0.717) is 79.4 Å². The smallest absolute Gasteiger partial charge is 0.337 e. The number of aryl methyl sites for hydroxylation is 2. The maximum Gasteiger partial charge on any atom is 0.337 e. The van der Waals surface area contributed by atoms with E-state index in [4.69, 9.17) is 44.8 Å². The van der Waals surface area contributed by atoms with E-state index in [2.05, 4.69) is 45.3 Å². The van der Waals surface area contributed by atoms with Crippen LogP contribution < -0.4 is 28.9 Å². The van der Waals surface area contributed by atoms with Crippen molar-refractivity contribution in [2.45, 2.75) is 13.8 Å². The molecule has 0 aliphatic carbocycles. The Bertz CT molecular complexity index is 2380. The highest BCUT2D eigenvalue weighted by Crippen LogP contribution is 2.34. The topological polar surface area (TPSA) is 206 Å². The standard InChI is InChI=1S/C18H21N3O4.C17H19N3O4.C9H12ClN3O2/c1-12-4-5-13(18(22)24-3)10-14(12)15-11-16(17(23-2)20-19-15)21-6-8-25-9-7-21;1-11-3-4-12(17(21)22)9-13(11)14-10-15(16(23-2)19-18-14)20-5-7-24-8-6-20;1-14-9-7(6-8(10)11-12-9)13-2-4-15-5-3-13/h4-5,10-11H,6-9H2,1-3H3;3-4,9-10H,5-8H2,1-2H3,(H,21,22);6H,2-5H2,1H3. The van der Waals surface area contributed by atoms with Crippen LogP contribution in [0.15, 0.2) is 54.6 Å². The summed E-state index contributed by atoms with van der Waals surface area (Å²) in [5, 5.41) is 34.1. The molecule has 19 nitrogen and oxygen atoms in total. The number of benzene rings is 2. The van der Waals surface area contributed by atoms with Gasteiger partial charge in [-0.2, -0.15) is 0 Å². The molecule has 0 spiro atoms. The van der Waals surface area contributed by atoms with Crippen LogP contribution in [0.2, 0.25) is 5.15 Å². The molecule has 0 amide bonds. The summed E-state index contributed by atoms with van der Waals surface area (Å²) >= 11 is 5.81. The molecule has 6 heterocycles. The van der Waals surface area contributed by atoms with Crippen LogP contribution in [0.3, 0.4) is 0 Å². The molecule has 8 rings (SSSR count). The van der Waals surface area contributed by atoms with Gasteiger partial charge in [0.2, 0.25) is 0 Å². The first-order valence-corrected chi connectivity index (χ1v) is 20.8. The van der Waals surface area contributed by atoms with Crippen molar-refractivity contribution in [2.75, 3.05) is 122 Å². The van der Waals surface area contributed by atoms with Crippen LogP contribution in [0, 0.1) is 13.8 Å². The number of rotatable bonds is 10. The molecule has 20 heteroatoms. The second kappa shape index (κ2) is 22.8. The Morgan fingerprint density at radius 1 is 0.547 bits per heavy atom. The number of carboxylic acids is 1. The molecule has 64 heavy (non-hydrogen) atoms. The molecule has 0 unspecified atom stereocenters. The average molecular weight is 902 g/mol. The van der Waals surface area contributed by atoms with E-state index in [0.717, 1.165) is 78.6 Å². The molecule has 3 aromatic heterocycles. The van der Waals surface area contributed by atoms with Gasteiger partial charge in [-0.3, -0.25) is 0 Å². The largest absolute Gasteiger partial charge is 0.478 e. The van der Waals surface area contributed by atoms with Crippen LogP contribution in [0.1, 0.15) is 31.8 Å². The lowest BCUT2D eigenvalue weighted by Crippen LogP contribution is -2.36. The Labute approximate surface area is 376 Å². The average Bonchev–Trinajstić information content (AvgIpc) is 3.34. The summed E-state index contributed by atoms with van der Waals surface area (Å²) < 4.78 is 36.7. The van der Waals surface area contributed by atoms with E-state index in [-0.39, 0.29) is 11.5 Å². The van der Waals surface area contributed by atoms with Gasteiger partial charge >= 0.3 is 11.9 Å². The Morgan fingerprint density at radius 3 is 1.31 bits per heavy atom. The zero-order valence-electron chi connectivity index (χ0n) is 36.7. The number of hydrogen-bond donors (Lipinski definition) is 1. The lowest BCUT2D eigenvalue weighted by Gasteiger charge is -2.29. The van der Waals surface area contributed by atoms with E-state index in [9.17, 15) is 14.7 Å². The fourth-order valence-electron chi connectivity index (χ4n) is 7.05. The molecule has 1 N–H and O–H groups in total. The van der Waals surface area contributed by atoms with Gasteiger partial charge in [0, 0.05) is 56.5 Å². The van der Waals surface area contributed by atoms with Gasteiger partial charge in [-0.1, -0.05) is 23.7 Å². The molecule has 0 radical (unpaired) electrons. The quantitative estimate of drug-likeness (QED) is 0.182. The molecule has 3 aliphatic rings. The number of aromatic carboxylic acids is 1. The molecule has 2 aromatic carbocycles. The number of halogens is 1. The Hall–Kier alpha value is -6.41. The molecular formula is C44H52ClN9O10. The molecule has 0 saturated carbocycles. The summed E-state index contributed by atoms with van der Waals surface area (Å²) in [6, 6.07) is 16.0. The zero-order valence-corrected chi connectivity index (χ0v) is 37.5. The summed E-state index contributed by atoms with van der Waals surface area (Å²) in [4.78, 5) is 29.5. The van der Waals surface area contributed by atoms with Crippen LogP contribution in [0.4, 0.5) is 17.1 Å². The fraction of sp³-hybridized carbons (Fsp3) is 0.409. The van der Waals surface area contributed by atoms with Crippen molar-refractivity contribution in [3.05, 3.63) is 82.0 Å². The first-order valence-electron chi connectivity index (χ1n) is 20.5. The monoisotopic (exact) mass is 901 g/mol. The molecule has 3 fully saturated rings. The predicted octanol–water partition coefficient (Wildman–Crippen LogP) is 5.05. The summed E-state index contributed by atoms with van der Waals surface area (Å²) in [5.41, 5.74) is 8.13. The van der Waals surface area contributed by atoms with Crippen molar-refractivity contribution in [1.82, 2.24) is 30.6 Å². The highest BCUT2D eigenvalue weighted by atomic mass is 35.5. The third-order valence-corrected chi connectivity index (χ3v) is 10.7. The number of ether oxygens (including phenoxy) is 7. The predicted molar refractivity (Wildman–Crippen MR) is 239 cm³/mol. The second-order valence-corrected chi connectivity index (χ2v) is 14.9. The van der Waals surface area contributed by atoms with Gasteiger partial charge in [0.25, 0.3) is 17.6 Å². The van der Waals surface area contributed by atoms with Crippen molar-refractivity contribution < 1.29 is 47.9 Å². The lowest BCUT2D eigenvalue weighted by atomic mass is 10.0. The number of methoxy groups -OCH3 is 4. The van der Waals surface area contributed by atoms with E-state index in [1.165, 1.54) is 7.11 Å². The number of morpholine rings is 3. The Kier molecular flexibility index (Phi) is 16.8. The van der Waals surface area contributed by atoms with Crippen molar-refractivity contribution in [2.24, 2.45) is 0 Å². The van der Waals surface area contributed by atoms with Gasteiger partial charge < -0.3 is 53.0 Å². The maximum absolute atomic E-state index is 11.8. The van der Waals surface area contributed by atoms with Gasteiger partial charge in [-0.15, -0.1) is 30.6 Å². The van der Waals surface area contributed by atoms with Crippen molar-refractivity contribution >= 4 is 40.6 Å². The normalized spacial score (nSPS) is 14.9. The first kappa shape index (κ1) is 47.1. The number of esters is 1. The minimum atomic E-state index is -0.967. The minimum absolute atomic E-state index is 0.223. The number of anilines is 3. The third-order valence-electron chi connectivity index (χ3n) is 10.5. The van der Waals surface area contributed by atoms with Crippen LogP contribution in [-0.2, 0) is 18.9 Å². The summed E-state index contributed by atoms with van der Waals surface area (Å²) in [5.74, 6) is 0.0867. The summed E-state index contributed by atoms with van der Waals surface area (Å²) in [6.07, 6.45) is 0. The number of aromatic nitrogens is 6. The third kappa shape index (κ3) is 11.8. The van der Waals surface area contributed by atoms with Gasteiger partial charge in [-0.25, -0.2) is 9.59 Å². The van der Waals surface area contributed by atoms with Gasteiger partial charge in [0.15, 0.2) is 5.15 Å². The van der Waals surface area contributed by atoms with E-state index in [1.807, 2.05) is 32.0 Å². The molecule has 0 atom stereocenters. The summed E-state index contributed by atoms with van der Waals surface area (Å²) in [7, 11) is 6.08. The maximum atomic E-state index is 11.8. The second-order valence-electron chi connectivity index (χ2n) is 14.5. The van der Waals surface area contributed by atoms with Crippen molar-refractivity contribution in [3.8, 4) is 40.2 Å². The fourth-order valence-corrected chi connectivity index (χ4v) is 7.20. The zero-order chi connectivity index (χ0) is 45.6. The van der Waals surface area contributed by atoms with Gasteiger partial charge in [0.1, 0.15) is 17.1 Å². The molecular weight excluding hydrogens is 850 g/mol. The highest BCUT2D eigenvalue weighted by Gasteiger charge is 2.22. The van der Waals surface area contributed by atoms with E-state index >= 15 is 0 Å². The number of carbonyl (C=O) groups is 2.